The Labute approximate surface area is 243 Å². The summed E-state index contributed by atoms with van der Waals surface area (Å²) in [5.41, 5.74) is 0.850. The summed E-state index contributed by atoms with van der Waals surface area (Å²) in [6, 6.07) is -0.179. The first kappa shape index (κ1) is 30.3. The predicted molar refractivity (Wildman–Crippen MR) is 160 cm³/mol. The lowest BCUT2D eigenvalue weighted by atomic mass is 9.44. The van der Waals surface area contributed by atoms with E-state index in [-0.39, 0.29) is 30.0 Å². The van der Waals surface area contributed by atoms with Gasteiger partial charge in [-0.1, -0.05) is 20.8 Å². The Morgan fingerprint density at radius 2 is 1.75 bits per heavy atom. The molecule has 0 spiro atoms. The molecule has 4 unspecified atom stereocenters. The molecular weight excluding hydrogens is 500 g/mol. The molecule has 5 aliphatic rings. The number of carbonyl (C=O) groups excluding carboxylic acids is 2. The van der Waals surface area contributed by atoms with Gasteiger partial charge in [0.25, 0.3) is 0 Å². The maximum absolute atomic E-state index is 12.9. The Balaban J connectivity index is 1.09. The lowest BCUT2D eigenvalue weighted by Gasteiger charge is -2.61. The highest BCUT2D eigenvalue weighted by atomic mass is 16.3. The molecule has 5 fully saturated rings. The van der Waals surface area contributed by atoms with Gasteiger partial charge < -0.3 is 26.0 Å². The SMILES string of the molecule is C[C@H](CCC(=O)N[C@@H]1CN[C@H](C(=O)NCCN(C)C)C1)[C@H]1CCC2C3CCC4C[C@H](O)CC[C@]4(C)C3CC[C@@]21C. The molecule has 0 aromatic rings. The summed E-state index contributed by atoms with van der Waals surface area (Å²) < 4.78 is 0. The van der Waals surface area contributed by atoms with Crippen molar-refractivity contribution in [2.75, 3.05) is 33.7 Å². The normalized spacial score (nSPS) is 43.5. The van der Waals surface area contributed by atoms with Gasteiger partial charge in [0.2, 0.25) is 11.8 Å². The molecular formula is C33H58N4O3. The van der Waals surface area contributed by atoms with Crippen LogP contribution in [0.1, 0.15) is 97.8 Å². The summed E-state index contributed by atoms with van der Waals surface area (Å²) in [5, 5.41) is 19.8. The van der Waals surface area contributed by atoms with Gasteiger partial charge in [-0.3, -0.25) is 9.59 Å². The number of nitrogens with one attached hydrogen (secondary N) is 3. The minimum absolute atomic E-state index is 0.0356. The zero-order valence-corrected chi connectivity index (χ0v) is 26.0. The third-order valence-electron chi connectivity index (χ3n) is 12.9. The number of likely N-dealkylation sites (N-methyl/N-ethyl adjacent to an activating group) is 1. The Kier molecular flexibility index (Phi) is 9.24. The second-order valence-corrected chi connectivity index (χ2v) is 15.4. The maximum atomic E-state index is 12.9. The summed E-state index contributed by atoms with van der Waals surface area (Å²) >= 11 is 0. The van der Waals surface area contributed by atoms with E-state index in [1.54, 1.807) is 0 Å². The molecule has 2 amide bonds. The Morgan fingerprint density at radius 3 is 2.52 bits per heavy atom. The van der Waals surface area contributed by atoms with Gasteiger partial charge in [0.05, 0.1) is 12.1 Å². The number of carbonyl (C=O) groups is 2. The van der Waals surface area contributed by atoms with Crippen molar-refractivity contribution in [3.05, 3.63) is 0 Å². The number of amides is 2. The van der Waals surface area contributed by atoms with Crippen LogP contribution in [0, 0.1) is 46.3 Å². The first-order valence-corrected chi connectivity index (χ1v) is 16.6. The molecule has 4 saturated carbocycles. The monoisotopic (exact) mass is 558 g/mol. The summed E-state index contributed by atoms with van der Waals surface area (Å²) in [7, 11) is 3.99. The van der Waals surface area contributed by atoms with Crippen molar-refractivity contribution in [3.8, 4) is 0 Å². The molecule has 1 heterocycles. The molecule has 0 aromatic carbocycles. The van der Waals surface area contributed by atoms with E-state index in [1.165, 1.54) is 44.9 Å². The van der Waals surface area contributed by atoms with Gasteiger partial charge in [-0.2, -0.15) is 0 Å². The average molecular weight is 559 g/mol. The molecule has 4 aliphatic carbocycles. The number of nitrogens with zero attached hydrogens (tertiary/aromatic N) is 1. The van der Waals surface area contributed by atoms with Crippen molar-refractivity contribution in [3.63, 3.8) is 0 Å². The molecule has 4 N–H and O–H groups in total. The lowest BCUT2D eigenvalue weighted by molar-refractivity contribution is -0.130. The van der Waals surface area contributed by atoms with Gasteiger partial charge in [0.15, 0.2) is 0 Å². The largest absolute Gasteiger partial charge is 0.393 e. The summed E-state index contributed by atoms with van der Waals surface area (Å²) in [6.45, 7) is 9.72. The molecule has 5 rings (SSSR count). The molecule has 1 saturated heterocycles. The van der Waals surface area contributed by atoms with Crippen LogP contribution in [-0.2, 0) is 9.59 Å². The molecule has 7 nitrogen and oxygen atoms in total. The summed E-state index contributed by atoms with van der Waals surface area (Å²) in [4.78, 5) is 27.4. The molecule has 0 bridgehead atoms. The van der Waals surface area contributed by atoms with Gasteiger partial charge in [-0.25, -0.2) is 0 Å². The fourth-order valence-electron chi connectivity index (χ4n) is 10.6. The Bertz CT molecular complexity index is 912. The van der Waals surface area contributed by atoms with Crippen molar-refractivity contribution >= 4 is 11.8 Å². The van der Waals surface area contributed by atoms with E-state index in [0.717, 1.165) is 49.5 Å². The van der Waals surface area contributed by atoms with E-state index in [4.69, 9.17) is 0 Å². The third kappa shape index (κ3) is 5.99. The Hall–Kier alpha value is -1.18. The first-order chi connectivity index (χ1) is 19.0. The predicted octanol–water partition coefficient (Wildman–Crippen LogP) is 3.95. The van der Waals surface area contributed by atoms with Crippen molar-refractivity contribution in [1.29, 1.82) is 0 Å². The minimum Gasteiger partial charge on any atom is -0.393 e. The van der Waals surface area contributed by atoms with Gasteiger partial charge in [-0.05, 0) is 131 Å². The van der Waals surface area contributed by atoms with Crippen molar-refractivity contribution in [1.82, 2.24) is 20.9 Å². The second-order valence-electron chi connectivity index (χ2n) is 15.4. The molecule has 11 atom stereocenters. The molecule has 0 radical (unpaired) electrons. The highest BCUT2D eigenvalue weighted by Gasteiger charge is 2.60. The molecule has 40 heavy (non-hydrogen) atoms. The van der Waals surface area contributed by atoms with Gasteiger partial charge in [0.1, 0.15) is 0 Å². The van der Waals surface area contributed by atoms with Crippen LogP contribution >= 0.6 is 0 Å². The zero-order chi connectivity index (χ0) is 28.7. The maximum Gasteiger partial charge on any atom is 0.237 e. The molecule has 1 aliphatic heterocycles. The standard InChI is InChI=1S/C33H58N4O3/c1-21(6-11-30(39)36-23-19-29(35-20-23)31(40)34-16-17-37(4)5)26-9-10-27-25-8-7-22-18-24(38)12-14-32(22,2)28(25)13-15-33(26,27)3/h21-29,35,38H,6-20H2,1-5H3,(H,34,40)(H,36,39)/t21-,22?,23+,24-,25?,26-,27?,28?,29+,32+,33-/m1/s1. The van der Waals surface area contributed by atoms with Gasteiger partial charge in [-0.15, -0.1) is 0 Å². The summed E-state index contributed by atoms with van der Waals surface area (Å²) in [6.07, 6.45) is 13.5. The van der Waals surface area contributed by atoms with E-state index >= 15 is 0 Å². The third-order valence-corrected chi connectivity index (χ3v) is 12.9. The highest BCUT2D eigenvalue weighted by Crippen LogP contribution is 2.68. The van der Waals surface area contributed by atoms with Crippen LogP contribution in [0.2, 0.25) is 0 Å². The van der Waals surface area contributed by atoms with Crippen LogP contribution in [0.4, 0.5) is 0 Å². The Morgan fingerprint density at radius 1 is 1.00 bits per heavy atom. The number of aliphatic hydroxyl groups is 1. The highest BCUT2D eigenvalue weighted by molar-refractivity contribution is 5.82. The van der Waals surface area contributed by atoms with Crippen LogP contribution in [-0.4, -0.2) is 73.7 Å². The van der Waals surface area contributed by atoms with E-state index in [9.17, 15) is 14.7 Å². The van der Waals surface area contributed by atoms with Crippen LogP contribution in [0.15, 0.2) is 0 Å². The van der Waals surface area contributed by atoms with Crippen LogP contribution in [0.25, 0.3) is 0 Å². The number of aliphatic hydroxyl groups excluding tert-OH is 1. The van der Waals surface area contributed by atoms with Crippen molar-refractivity contribution in [2.45, 2.75) is 116 Å². The minimum atomic E-state index is -0.215. The number of fused-ring (bicyclic) bond motifs is 5. The van der Waals surface area contributed by atoms with Crippen LogP contribution < -0.4 is 16.0 Å². The number of hydrogen-bond donors (Lipinski definition) is 4. The van der Waals surface area contributed by atoms with Gasteiger partial charge in [0, 0.05) is 32.1 Å². The van der Waals surface area contributed by atoms with Gasteiger partial charge >= 0.3 is 0 Å². The second kappa shape index (κ2) is 12.2. The topological polar surface area (TPSA) is 93.7 Å². The van der Waals surface area contributed by atoms with E-state index in [2.05, 4.69) is 41.6 Å². The van der Waals surface area contributed by atoms with Crippen molar-refractivity contribution < 1.29 is 14.7 Å². The zero-order valence-electron chi connectivity index (χ0n) is 26.0. The van der Waals surface area contributed by atoms with Crippen molar-refractivity contribution in [2.24, 2.45) is 46.3 Å². The molecule has 0 aromatic heterocycles. The smallest absolute Gasteiger partial charge is 0.237 e. The van der Waals surface area contributed by atoms with E-state index < -0.39 is 0 Å². The fourth-order valence-corrected chi connectivity index (χ4v) is 10.6. The molecule has 228 valence electrons. The number of hydrogen-bond acceptors (Lipinski definition) is 5. The quantitative estimate of drug-likeness (QED) is 0.344. The number of rotatable bonds is 9. The fraction of sp³-hybridized carbons (Fsp3) is 0.939. The van der Waals surface area contributed by atoms with Crippen LogP contribution in [0.5, 0.6) is 0 Å². The average Bonchev–Trinajstić information content (AvgIpc) is 3.51. The summed E-state index contributed by atoms with van der Waals surface area (Å²) in [5.74, 6) is 4.71. The van der Waals surface area contributed by atoms with E-state index in [0.29, 0.717) is 48.6 Å². The van der Waals surface area contributed by atoms with E-state index in [1.807, 2.05) is 14.1 Å². The molecule has 7 heteroatoms. The lowest BCUT2D eigenvalue weighted by Crippen LogP contribution is -2.54. The van der Waals surface area contributed by atoms with Crippen LogP contribution in [0.3, 0.4) is 0 Å². The first-order valence-electron chi connectivity index (χ1n) is 16.6.